The molecule has 1 N–H and O–H groups in total. The monoisotopic (exact) mass is 225 g/mol. The van der Waals surface area contributed by atoms with Crippen molar-refractivity contribution in [2.75, 3.05) is 19.0 Å². The highest BCUT2D eigenvalue weighted by atomic mass is 16.5. The summed E-state index contributed by atoms with van der Waals surface area (Å²) < 4.78 is 7.23. The normalized spacial score (nSPS) is 11.8. The maximum absolute atomic E-state index is 5.38. The van der Waals surface area contributed by atoms with Crippen molar-refractivity contribution >= 4 is 5.69 Å². The van der Waals surface area contributed by atoms with Crippen LogP contribution in [0.5, 0.6) is 0 Å². The molecule has 1 aromatic heterocycles. The topological polar surface area (TPSA) is 39.1 Å². The lowest BCUT2D eigenvalue weighted by Crippen LogP contribution is -2.25. The molecule has 0 bridgehead atoms. The van der Waals surface area contributed by atoms with Crippen molar-refractivity contribution in [1.29, 1.82) is 0 Å². The molecule has 0 aromatic carbocycles. The Labute approximate surface area is 98.0 Å². The van der Waals surface area contributed by atoms with Gasteiger partial charge < -0.3 is 10.1 Å². The molecule has 1 heterocycles. The number of ether oxygens (including phenoxy) is 1. The summed E-state index contributed by atoms with van der Waals surface area (Å²) in [7, 11) is 3.70. The molecule has 0 unspecified atom stereocenters. The van der Waals surface area contributed by atoms with Gasteiger partial charge in [-0.1, -0.05) is 6.92 Å². The summed E-state index contributed by atoms with van der Waals surface area (Å²) in [5.74, 6) is 0. The summed E-state index contributed by atoms with van der Waals surface area (Å²) in [5.41, 5.74) is 2.19. The number of aromatic nitrogens is 2. The zero-order valence-electron chi connectivity index (χ0n) is 11.0. The zero-order chi connectivity index (χ0) is 12.2. The van der Waals surface area contributed by atoms with Crippen molar-refractivity contribution in [2.45, 2.75) is 39.2 Å². The van der Waals surface area contributed by atoms with Crippen molar-refractivity contribution in [1.82, 2.24) is 9.78 Å². The van der Waals surface area contributed by atoms with Gasteiger partial charge in [-0.2, -0.15) is 5.10 Å². The highest BCUT2D eigenvalue weighted by Gasteiger charge is 2.15. The molecule has 0 radical (unpaired) electrons. The van der Waals surface area contributed by atoms with E-state index in [0.717, 1.165) is 30.8 Å². The van der Waals surface area contributed by atoms with E-state index < -0.39 is 0 Å². The number of aryl methyl sites for hydroxylation is 2. The lowest BCUT2D eigenvalue weighted by atomic mass is 10.1. The first kappa shape index (κ1) is 13.0. The maximum Gasteiger partial charge on any atom is 0.0853 e. The van der Waals surface area contributed by atoms with Gasteiger partial charge in [0.25, 0.3) is 0 Å². The molecule has 0 saturated carbocycles. The molecule has 16 heavy (non-hydrogen) atoms. The van der Waals surface area contributed by atoms with Crippen LogP contribution >= 0.6 is 0 Å². The number of nitrogens with one attached hydrogen (secondary N) is 1. The van der Waals surface area contributed by atoms with Gasteiger partial charge >= 0.3 is 0 Å². The smallest absolute Gasteiger partial charge is 0.0853 e. The van der Waals surface area contributed by atoms with Crippen LogP contribution in [0.4, 0.5) is 5.69 Å². The average molecular weight is 225 g/mol. The fraction of sp³-hybridized carbons (Fsp3) is 0.750. The van der Waals surface area contributed by atoms with E-state index in [9.17, 15) is 0 Å². The molecule has 0 atom stereocenters. The van der Waals surface area contributed by atoms with Crippen molar-refractivity contribution in [3.05, 3.63) is 11.9 Å². The summed E-state index contributed by atoms with van der Waals surface area (Å²) in [6.07, 6.45) is 3.96. The second kappa shape index (κ2) is 5.34. The molecule has 0 spiro atoms. The fourth-order valence-corrected chi connectivity index (χ4v) is 1.54. The third kappa shape index (κ3) is 3.52. The Morgan fingerprint density at radius 1 is 1.50 bits per heavy atom. The minimum atomic E-state index is -0.0679. The Hall–Kier alpha value is -1.03. The van der Waals surface area contributed by atoms with Crippen molar-refractivity contribution in [3.8, 4) is 0 Å². The van der Waals surface area contributed by atoms with Crippen LogP contribution in [-0.4, -0.2) is 29.0 Å². The van der Waals surface area contributed by atoms with Gasteiger partial charge in [-0.15, -0.1) is 0 Å². The molecule has 92 valence electrons. The number of methoxy groups -OCH3 is 1. The first-order valence-electron chi connectivity index (χ1n) is 5.80. The van der Waals surface area contributed by atoms with E-state index >= 15 is 0 Å². The van der Waals surface area contributed by atoms with Crippen LogP contribution in [0, 0.1) is 0 Å². The van der Waals surface area contributed by atoms with Crippen LogP contribution in [0.2, 0.25) is 0 Å². The van der Waals surface area contributed by atoms with E-state index in [0.29, 0.717) is 0 Å². The Morgan fingerprint density at radius 2 is 2.19 bits per heavy atom. The van der Waals surface area contributed by atoms with E-state index in [1.807, 2.05) is 17.9 Å². The SMILES string of the molecule is CCc1nn(C)cc1NCCC(C)(C)OC. The van der Waals surface area contributed by atoms with Crippen LogP contribution in [-0.2, 0) is 18.2 Å². The Morgan fingerprint density at radius 3 is 2.75 bits per heavy atom. The summed E-state index contributed by atoms with van der Waals surface area (Å²) in [4.78, 5) is 0. The molecule has 0 amide bonds. The first-order valence-corrected chi connectivity index (χ1v) is 5.80. The highest BCUT2D eigenvalue weighted by molar-refractivity contribution is 5.46. The summed E-state index contributed by atoms with van der Waals surface area (Å²) in [6, 6.07) is 0. The number of hydrogen-bond donors (Lipinski definition) is 1. The third-order valence-corrected chi connectivity index (χ3v) is 2.84. The van der Waals surface area contributed by atoms with E-state index in [4.69, 9.17) is 4.74 Å². The van der Waals surface area contributed by atoms with Crippen LogP contribution in [0.25, 0.3) is 0 Å². The highest BCUT2D eigenvalue weighted by Crippen LogP contribution is 2.16. The summed E-state index contributed by atoms with van der Waals surface area (Å²) in [6.45, 7) is 7.21. The quantitative estimate of drug-likeness (QED) is 0.806. The van der Waals surface area contributed by atoms with Gasteiger partial charge in [-0.25, -0.2) is 0 Å². The van der Waals surface area contributed by atoms with Crippen LogP contribution in [0.15, 0.2) is 6.20 Å². The van der Waals surface area contributed by atoms with E-state index in [-0.39, 0.29) is 5.60 Å². The van der Waals surface area contributed by atoms with Gasteiger partial charge in [0.1, 0.15) is 0 Å². The molecule has 0 aliphatic rings. The molecule has 1 rings (SSSR count). The molecular weight excluding hydrogens is 202 g/mol. The predicted octanol–water partition coefficient (Wildman–Crippen LogP) is 2.21. The van der Waals surface area contributed by atoms with Crippen molar-refractivity contribution in [2.24, 2.45) is 7.05 Å². The third-order valence-electron chi connectivity index (χ3n) is 2.84. The van der Waals surface area contributed by atoms with Crippen LogP contribution in [0.1, 0.15) is 32.9 Å². The Balaban J connectivity index is 2.48. The minimum absolute atomic E-state index is 0.0679. The predicted molar refractivity (Wildman–Crippen MR) is 66.8 cm³/mol. The molecular formula is C12H23N3O. The van der Waals surface area contributed by atoms with Gasteiger partial charge in [-0.05, 0) is 26.7 Å². The largest absolute Gasteiger partial charge is 0.382 e. The second-order valence-corrected chi connectivity index (χ2v) is 4.66. The fourth-order valence-electron chi connectivity index (χ4n) is 1.54. The second-order valence-electron chi connectivity index (χ2n) is 4.66. The zero-order valence-corrected chi connectivity index (χ0v) is 11.0. The molecule has 0 saturated heterocycles. The van der Waals surface area contributed by atoms with E-state index in [2.05, 4.69) is 31.2 Å². The average Bonchev–Trinajstić information content (AvgIpc) is 2.59. The van der Waals surface area contributed by atoms with Crippen molar-refractivity contribution < 1.29 is 4.74 Å². The standard InChI is InChI=1S/C12H23N3O/c1-6-10-11(9-15(4)14-10)13-8-7-12(2,3)16-5/h9,13H,6-8H2,1-5H3. The maximum atomic E-state index is 5.38. The van der Waals surface area contributed by atoms with Crippen LogP contribution in [0.3, 0.4) is 0 Å². The minimum Gasteiger partial charge on any atom is -0.382 e. The van der Waals surface area contributed by atoms with Crippen LogP contribution < -0.4 is 5.32 Å². The van der Waals surface area contributed by atoms with Crippen molar-refractivity contribution in [3.63, 3.8) is 0 Å². The lowest BCUT2D eigenvalue weighted by molar-refractivity contribution is 0.0185. The Kier molecular flexibility index (Phi) is 4.35. The first-order chi connectivity index (χ1) is 7.48. The number of rotatable bonds is 6. The van der Waals surface area contributed by atoms with E-state index in [1.54, 1.807) is 7.11 Å². The number of hydrogen-bond acceptors (Lipinski definition) is 3. The summed E-state index contributed by atoms with van der Waals surface area (Å²) in [5, 5.41) is 7.80. The Bertz CT molecular complexity index is 331. The van der Waals surface area contributed by atoms with Gasteiger partial charge in [0.15, 0.2) is 0 Å². The van der Waals surface area contributed by atoms with Gasteiger partial charge in [0.05, 0.1) is 17.0 Å². The molecule has 1 aromatic rings. The molecule has 0 aliphatic heterocycles. The number of nitrogens with zero attached hydrogens (tertiary/aromatic N) is 2. The van der Waals surface area contributed by atoms with E-state index in [1.165, 1.54) is 0 Å². The van der Waals surface area contributed by atoms with Gasteiger partial charge in [-0.3, -0.25) is 4.68 Å². The van der Waals surface area contributed by atoms with Gasteiger partial charge in [0.2, 0.25) is 0 Å². The lowest BCUT2D eigenvalue weighted by Gasteiger charge is -2.22. The molecule has 0 fully saturated rings. The number of anilines is 1. The molecule has 4 nitrogen and oxygen atoms in total. The van der Waals surface area contributed by atoms with Gasteiger partial charge in [0, 0.05) is 26.9 Å². The molecule has 0 aliphatic carbocycles. The molecule has 4 heteroatoms. The summed E-state index contributed by atoms with van der Waals surface area (Å²) >= 11 is 0.